The second-order valence-corrected chi connectivity index (χ2v) is 11.9. The molecule has 6 aromatic carbocycles. The van der Waals surface area contributed by atoms with Crippen LogP contribution in [0.25, 0.3) is 72.7 Å². The van der Waals surface area contributed by atoms with Gasteiger partial charge in [0.15, 0.2) is 5.82 Å². The van der Waals surface area contributed by atoms with Gasteiger partial charge in [0.2, 0.25) is 0 Å². The zero-order valence-corrected chi connectivity index (χ0v) is 27.5. The molecular formula is C47H36N2. The Kier molecular flexibility index (Phi) is 9.30. The minimum atomic E-state index is 0.705. The molecule has 7 aromatic rings. The molecule has 0 aliphatic heterocycles. The van der Waals surface area contributed by atoms with Crippen molar-refractivity contribution in [1.82, 2.24) is 9.97 Å². The average Bonchev–Trinajstić information content (AvgIpc) is 3.18. The topological polar surface area (TPSA) is 25.8 Å². The van der Waals surface area contributed by atoms with Crippen LogP contribution < -0.4 is 0 Å². The van der Waals surface area contributed by atoms with Gasteiger partial charge in [-0.1, -0.05) is 146 Å². The number of benzene rings is 6. The Labute approximate surface area is 289 Å². The quantitative estimate of drug-likeness (QED) is 0.149. The van der Waals surface area contributed by atoms with Crippen LogP contribution in [0.15, 0.2) is 195 Å². The van der Waals surface area contributed by atoms with Crippen molar-refractivity contribution in [3.8, 4) is 67.2 Å². The summed E-state index contributed by atoms with van der Waals surface area (Å²) in [7, 11) is 0. The molecule has 0 saturated carbocycles. The Morgan fingerprint density at radius 1 is 0.490 bits per heavy atom. The van der Waals surface area contributed by atoms with Crippen molar-refractivity contribution >= 4 is 5.57 Å². The molecule has 234 valence electrons. The highest BCUT2D eigenvalue weighted by molar-refractivity contribution is 5.85. The third kappa shape index (κ3) is 7.15. The second kappa shape index (κ2) is 14.6. The maximum atomic E-state index is 5.00. The summed E-state index contributed by atoms with van der Waals surface area (Å²) < 4.78 is 0. The van der Waals surface area contributed by atoms with Crippen LogP contribution in [0.4, 0.5) is 0 Å². The molecule has 0 amide bonds. The molecule has 0 aliphatic rings. The van der Waals surface area contributed by atoms with E-state index in [9.17, 15) is 0 Å². The third-order valence-corrected chi connectivity index (χ3v) is 8.59. The molecule has 0 fully saturated rings. The molecule has 1 heterocycles. The van der Waals surface area contributed by atoms with Crippen LogP contribution in [0.2, 0.25) is 0 Å². The molecule has 0 N–H and O–H groups in total. The summed E-state index contributed by atoms with van der Waals surface area (Å²) in [6, 6.07) is 55.7. The lowest BCUT2D eigenvalue weighted by Gasteiger charge is -2.13. The van der Waals surface area contributed by atoms with Crippen molar-refractivity contribution in [2.75, 3.05) is 0 Å². The highest BCUT2D eigenvalue weighted by atomic mass is 14.9. The van der Waals surface area contributed by atoms with E-state index >= 15 is 0 Å². The summed E-state index contributed by atoms with van der Waals surface area (Å²) in [5.41, 5.74) is 14.5. The zero-order chi connectivity index (χ0) is 33.4. The van der Waals surface area contributed by atoms with Gasteiger partial charge in [0.05, 0.1) is 5.69 Å². The fraction of sp³-hybridized carbons (Fsp3) is 0.0213. The van der Waals surface area contributed by atoms with E-state index < -0.39 is 0 Å². The van der Waals surface area contributed by atoms with Crippen molar-refractivity contribution in [1.29, 1.82) is 0 Å². The van der Waals surface area contributed by atoms with Gasteiger partial charge in [-0.25, -0.2) is 9.97 Å². The lowest BCUT2D eigenvalue weighted by molar-refractivity contribution is 1.18. The first-order chi connectivity index (χ1) is 24.2. The summed E-state index contributed by atoms with van der Waals surface area (Å²) in [6.07, 6.45) is 9.90. The maximum Gasteiger partial charge on any atom is 0.159 e. The standard InChI is InChI=1S/C47H36N2/c1-3-14-34(15-4-2)43-31-44(33-45(32-43)46-26-27-48-47(49-46)36-18-9-6-10-19-36)42-25-13-24-41(30-42)40-23-12-22-39(29-40)38-21-11-20-37(28-38)35-16-7-5-8-17-35/h3-33H,1H2,2H3/b15-4-,34-14+. The minimum Gasteiger partial charge on any atom is -0.237 e. The van der Waals surface area contributed by atoms with E-state index in [1.807, 2.05) is 61.7 Å². The number of nitrogens with zero attached hydrogens (tertiary/aromatic N) is 2. The van der Waals surface area contributed by atoms with E-state index in [2.05, 4.69) is 145 Å². The van der Waals surface area contributed by atoms with Gasteiger partial charge in [-0.15, -0.1) is 0 Å². The first-order valence-corrected chi connectivity index (χ1v) is 16.5. The number of hydrogen-bond donors (Lipinski definition) is 0. The molecule has 0 unspecified atom stereocenters. The lowest BCUT2D eigenvalue weighted by atomic mass is 9.92. The van der Waals surface area contributed by atoms with Crippen LogP contribution in [-0.4, -0.2) is 9.97 Å². The van der Waals surface area contributed by atoms with Gasteiger partial charge in [0.1, 0.15) is 0 Å². The van der Waals surface area contributed by atoms with Crippen LogP contribution in [0.1, 0.15) is 12.5 Å². The largest absolute Gasteiger partial charge is 0.237 e. The Morgan fingerprint density at radius 2 is 0.959 bits per heavy atom. The first kappa shape index (κ1) is 31.2. The Hall–Kier alpha value is -6.38. The normalized spacial score (nSPS) is 11.5. The van der Waals surface area contributed by atoms with Gasteiger partial charge in [0, 0.05) is 17.3 Å². The molecule has 7 rings (SSSR count). The van der Waals surface area contributed by atoms with Crippen LogP contribution in [0.3, 0.4) is 0 Å². The summed E-state index contributed by atoms with van der Waals surface area (Å²) in [5.74, 6) is 0.705. The van der Waals surface area contributed by atoms with E-state index in [0.29, 0.717) is 5.82 Å². The van der Waals surface area contributed by atoms with Gasteiger partial charge in [-0.3, -0.25) is 0 Å². The fourth-order valence-corrected chi connectivity index (χ4v) is 6.17. The van der Waals surface area contributed by atoms with Crippen LogP contribution >= 0.6 is 0 Å². The van der Waals surface area contributed by atoms with Gasteiger partial charge in [-0.05, 0) is 105 Å². The Balaban J connectivity index is 1.29. The summed E-state index contributed by atoms with van der Waals surface area (Å²) in [6.45, 7) is 6.01. The summed E-state index contributed by atoms with van der Waals surface area (Å²) in [5, 5.41) is 0. The van der Waals surface area contributed by atoms with Gasteiger partial charge < -0.3 is 0 Å². The van der Waals surface area contributed by atoms with E-state index in [4.69, 9.17) is 4.98 Å². The van der Waals surface area contributed by atoms with E-state index in [0.717, 1.165) is 44.6 Å². The molecule has 2 heteroatoms. The molecular weight excluding hydrogens is 593 g/mol. The molecule has 49 heavy (non-hydrogen) atoms. The van der Waals surface area contributed by atoms with Crippen molar-refractivity contribution in [2.45, 2.75) is 6.92 Å². The van der Waals surface area contributed by atoms with Crippen molar-refractivity contribution in [3.63, 3.8) is 0 Å². The fourth-order valence-electron chi connectivity index (χ4n) is 6.17. The molecule has 0 radical (unpaired) electrons. The average molecular weight is 629 g/mol. The molecule has 0 atom stereocenters. The molecule has 0 saturated heterocycles. The van der Waals surface area contributed by atoms with Gasteiger partial charge >= 0.3 is 0 Å². The summed E-state index contributed by atoms with van der Waals surface area (Å²) >= 11 is 0. The molecule has 0 aliphatic carbocycles. The van der Waals surface area contributed by atoms with Gasteiger partial charge in [-0.2, -0.15) is 0 Å². The number of aromatic nitrogens is 2. The number of rotatable bonds is 9. The predicted molar refractivity (Wildman–Crippen MR) is 208 cm³/mol. The monoisotopic (exact) mass is 628 g/mol. The van der Waals surface area contributed by atoms with E-state index in [1.165, 1.54) is 27.8 Å². The molecule has 2 nitrogen and oxygen atoms in total. The number of allylic oxidation sites excluding steroid dienone is 5. The van der Waals surface area contributed by atoms with Gasteiger partial charge in [0.25, 0.3) is 0 Å². The van der Waals surface area contributed by atoms with Crippen LogP contribution in [-0.2, 0) is 0 Å². The first-order valence-electron chi connectivity index (χ1n) is 16.5. The van der Waals surface area contributed by atoms with Crippen LogP contribution in [0.5, 0.6) is 0 Å². The Bertz CT molecular complexity index is 2300. The van der Waals surface area contributed by atoms with Crippen LogP contribution in [0, 0.1) is 0 Å². The highest BCUT2D eigenvalue weighted by Gasteiger charge is 2.12. The van der Waals surface area contributed by atoms with Crippen molar-refractivity contribution < 1.29 is 0 Å². The molecule has 1 aromatic heterocycles. The smallest absolute Gasteiger partial charge is 0.159 e. The molecule has 0 bridgehead atoms. The highest BCUT2D eigenvalue weighted by Crippen LogP contribution is 2.35. The predicted octanol–water partition coefficient (Wildman–Crippen LogP) is 12.6. The molecule has 0 spiro atoms. The second-order valence-electron chi connectivity index (χ2n) is 11.9. The van der Waals surface area contributed by atoms with Crippen molar-refractivity contribution in [2.24, 2.45) is 0 Å². The number of hydrogen-bond acceptors (Lipinski definition) is 2. The summed E-state index contributed by atoms with van der Waals surface area (Å²) in [4.78, 5) is 9.58. The van der Waals surface area contributed by atoms with Crippen molar-refractivity contribution in [3.05, 3.63) is 200 Å². The maximum absolute atomic E-state index is 5.00. The van der Waals surface area contributed by atoms with E-state index in [-0.39, 0.29) is 0 Å². The SMILES string of the molecule is C=C/C=C(\C=C/C)c1cc(-c2cccc(-c3cccc(-c4cccc(-c5ccccc5)c4)c3)c2)cc(-c2ccnc(-c3ccccc3)n2)c1. The lowest BCUT2D eigenvalue weighted by Crippen LogP contribution is -1.94. The zero-order valence-electron chi connectivity index (χ0n) is 27.5. The minimum absolute atomic E-state index is 0.705. The third-order valence-electron chi connectivity index (χ3n) is 8.59. The van der Waals surface area contributed by atoms with E-state index in [1.54, 1.807) is 0 Å². The Morgan fingerprint density at radius 3 is 1.51 bits per heavy atom.